The second kappa shape index (κ2) is 5.78. The second-order valence-corrected chi connectivity index (χ2v) is 7.49. The molecule has 1 atom stereocenters. The van der Waals surface area contributed by atoms with Gasteiger partial charge in [-0.2, -0.15) is 0 Å². The Labute approximate surface area is 153 Å². The van der Waals surface area contributed by atoms with E-state index in [2.05, 4.69) is 29.2 Å². The fourth-order valence-corrected chi connectivity index (χ4v) is 4.91. The molecule has 4 nitrogen and oxygen atoms in total. The summed E-state index contributed by atoms with van der Waals surface area (Å²) in [6.45, 7) is 2.23. The van der Waals surface area contributed by atoms with Crippen molar-refractivity contribution in [1.82, 2.24) is 4.90 Å². The summed E-state index contributed by atoms with van der Waals surface area (Å²) in [6.07, 6.45) is 3.73. The highest BCUT2D eigenvalue weighted by Gasteiger charge is 2.32. The molecule has 134 valence electrons. The molecule has 5 rings (SSSR count). The van der Waals surface area contributed by atoms with Crippen LogP contribution in [0.15, 0.2) is 30.3 Å². The minimum absolute atomic E-state index is 0.681. The molecule has 0 radical (unpaired) electrons. The number of benzene rings is 3. The molecule has 1 saturated heterocycles. The summed E-state index contributed by atoms with van der Waals surface area (Å²) in [7, 11) is 3.39. The topological polar surface area (TPSA) is 47.7 Å². The molecule has 1 fully saturated rings. The van der Waals surface area contributed by atoms with Gasteiger partial charge in [-0.1, -0.05) is 6.07 Å². The van der Waals surface area contributed by atoms with Gasteiger partial charge in [-0.3, -0.25) is 4.90 Å². The summed E-state index contributed by atoms with van der Waals surface area (Å²) in [5.41, 5.74) is 9.87. The van der Waals surface area contributed by atoms with Gasteiger partial charge in [0.25, 0.3) is 0 Å². The molecule has 2 aliphatic heterocycles. The van der Waals surface area contributed by atoms with Crippen LogP contribution in [0, 0.1) is 0 Å². The highest BCUT2D eigenvalue weighted by atomic mass is 16.5. The molecule has 0 aliphatic carbocycles. The maximum absolute atomic E-state index is 6.14. The number of hydrogen-bond donors (Lipinski definition) is 1. The first-order valence-electron chi connectivity index (χ1n) is 9.32. The Bertz CT molecular complexity index is 1030. The Morgan fingerprint density at radius 3 is 2.42 bits per heavy atom. The van der Waals surface area contributed by atoms with Crippen molar-refractivity contribution in [2.24, 2.45) is 0 Å². The number of nitrogens with zero attached hydrogens (tertiary/aromatic N) is 1. The molecule has 0 amide bonds. The third kappa shape index (κ3) is 2.18. The van der Waals surface area contributed by atoms with Crippen LogP contribution in [0.25, 0.3) is 21.5 Å². The number of anilines is 1. The molecule has 0 aromatic heterocycles. The van der Waals surface area contributed by atoms with Crippen molar-refractivity contribution in [3.63, 3.8) is 0 Å². The zero-order valence-corrected chi connectivity index (χ0v) is 15.3. The molecular weight excluding hydrogens is 324 g/mol. The first-order valence-corrected chi connectivity index (χ1v) is 9.32. The highest BCUT2D eigenvalue weighted by molar-refractivity contribution is 6.12. The lowest BCUT2D eigenvalue weighted by Gasteiger charge is -2.33. The molecule has 4 heteroatoms. The summed E-state index contributed by atoms with van der Waals surface area (Å²) >= 11 is 0. The van der Waals surface area contributed by atoms with Crippen molar-refractivity contribution in [2.45, 2.75) is 31.8 Å². The number of nitrogen functional groups attached to an aromatic ring is 1. The van der Waals surface area contributed by atoms with E-state index in [4.69, 9.17) is 15.2 Å². The number of hydrogen-bond acceptors (Lipinski definition) is 4. The van der Waals surface area contributed by atoms with Gasteiger partial charge in [0, 0.05) is 18.3 Å². The summed E-state index contributed by atoms with van der Waals surface area (Å²) in [4.78, 5) is 2.64. The quantitative estimate of drug-likeness (QED) is 0.559. The Morgan fingerprint density at radius 2 is 1.65 bits per heavy atom. The van der Waals surface area contributed by atoms with E-state index in [-0.39, 0.29) is 0 Å². The third-order valence-electron chi connectivity index (χ3n) is 6.17. The van der Waals surface area contributed by atoms with Crippen LogP contribution in [0.2, 0.25) is 0 Å². The first-order chi connectivity index (χ1) is 12.7. The van der Waals surface area contributed by atoms with Crippen molar-refractivity contribution in [3.8, 4) is 11.5 Å². The van der Waals surface area contributed by atoms with Gasteiger partial charge in [-0.05, 0) is 82.7 Å². The van der Waals surface area contributed by atoms with Gasteiger partial charge >= 0.3 is 0 Å². The van der Waals surface area contributed by atoms with E-state index in [9.17, 15) is 0 Å². The molecule has 3 aromatic carbocycles. The van der Waals surface area contributed by atoms with Gasteiger partial charge in [0.2, 0.25) is 0 Å². The van der Waals surface area contributed by atoms with Gasteiger partial charge in [0.05, 0.1) is 14.2 Å². The molecule has 0 unspecified atom stereocenters. The average Bonchev–Trinajstić information content (AvgIpc) is 3.13. The van der Waals surface area contributed by atoms with E-state index in [1.54, 1.807) is 14.2 Å². The molecule has 3 aromatic rings. The van der Waals surface area contributed by atoms with E-state index in [0.717, 1.165) is 30.2 Å². The zero-order chi connectivity index (χ0) is 17.8. The van der Waals surface area contributed by atoms with Crippen molar-refractivity contribution in [2.75, 3.05) is 26.5 Å². The van der Waals surface area contributed by atoms with E-state index < -0.39 is 0 Å². The smallest absolute Gasteiger partial charge is 0.161 e. The van der Waals surface area contributed by atoms with Crippen LogP contribution >= 0.6 is 0 Å². The van der Waals surface area contributed by atoms with Gasteiger partial charge in [0.1, 0.15) is 0 Å². The molecule has 0 bridgehead atoms. The second-order valence-electron chi connectivity index (χ2n) is 7.49. The maximum atomic E-state index is 6.14. The van der Waals surface area contributed by atoms with Gasteiger partial charge in [-0.15, -0.1) is 0 Å². The van der Waals surface area contributed by atoms with Crippen molar-refractivity contribution in [1.29, 1.82) is 0 Å². The molecule has 2 N–H and O–H groups in total. The lowest BCUT2D eigenvalue weighted by molar-refractivity contribution is 0.229. The fraction of sp³-hybridized carbons (Fsp3) is 0.364. The Kier molecular flexibility index (Phi) is 3.50. The van der Waals surface area contributed by atoms with Crippen molar-refractivity contribution >= 4 is 27.2 Å². The highest BCUT2D eigenvalue weighted by Crippen LogP contribution is 2.43. The maximum Gasteiger partial charge on any atom is 0.161 e. The number of methoxy groups -OCH3 is 2. The van der Waals surface area contributed by atoms with Crippen LogP contribution in [0.1, 0.15) is 24.0 Å². The Morgan fingerprint density at radius 1 is 0.923 bits per heavy atom. The Hall–Kier alpha value is -2.46. The standard InChI is InChI=1S/C22H24N2O2/c1-25-21-10-18-16-8-13(23)5-6-15(16)17-9-14-4-3-7-24(14)12-20(17)19(18)11-22(21)26-2/h5-6,8,10-11,14H,3-4,7,9,12,23H2,1-2H3/t14-/m0/s1. The van der Waals surface area contributed by atoms with Gasteiger partial charge in [0.15, 0.2) is 11.5 Å². The summed E-state index contributed by atoms with van der Waals surface area (Å²) in [5, 5.41) is 5.01. The van der Waals surface area contributed by atoms with Gasteiger partial charge < -0.3 is 15.2 Å². The lowest BCUT2D eigenvalue weighted by Crippen LogP contribution is -2.35. The molecule has 26 heavy (non-hydrogen) atoms. The third-order valence-corrected chi connectivity index (χ3v) is 6.17. The van der Waals surface area contributed by atoms with Crippen molar-refractivity contribution < 1.29 is 9.47 Å². The van der Waals surface area contributed by atoms with Crippen LogP contribution in [-0.2, 0) is 13.0 Å². The SMILES string of the molecule is COc1cc2c3c(c4ccc(N)cc4c2cc1OC)C[C@@H]1CCCN1C3. The van der Waals surface area contributed by atoms with E-state index in [0.29, 0.717) is 6.04 Å². The normalized spacial score (nSPS) is 19.5. The Balaban J connectivity index is 1.89. The van der Waals surface area contributed by atoms with Crippen LogP contribution in [0.3, 0.4) is 0 Å². The van der Waals surface area contributed by atoms with Crippen molar-refractivity contribution in [3.05, 3.63) is 41.5 Å². The zero-order valence-electron chi connectivity index (χ0n) is 15.3. The van der Waals surface area contributed by atoms with Crippen LogP contribution in [-0.4, -0.2) is 31.7 Å². The summed E-state index contributed by atoms with van der Waals surface area (Å²) in [6, 6.07) is 11.3. The van der Waals surface area contributed by atoms with Crippen LogP contribution < -0.4 is 15.2 Å². The summed E-state index contributed by atoms with van der Waals surface area (Å²) < 4.78 is 11.2. The van der Waals surface area contributed by atoms with E-state index in [1.807, 2.05) is 6.07 Å². The number of ether oxygens (including phenoxy) is 2. The predicted octanol–water partition coefficient (Wildman–Crippen LogP) is 4.11. The largest absolute Gasteiger partial charge is 0.493 e. The lowest BCUT2D eigenvalue weighted by atomic mass is 9.85. The molecule has 2 aliphatic rings. The summed E-state index contributed by atoms with van der Waals surface area (Å²) in [5.74, 6) is 1.55. The molecule has 0 saturated carbocycles. The molecule has 0 spiro atoms. The van der Waals surface area contributed by atoms with E-state index >= 15 is 0 Å². The monoisotopic (exact) mass is 348 g/mol. The average molecular weight is 348 g/mol. The van der Waals surface area contributed by atoms with Gasteiger partial charge in [-0.25, -0.2) is 0 Å². The fourth-order valence-electron chi connectivity index (χ4n) is 4.91. The minimum atomic E-state index is 0.681. The minimum Gasteiger partial charge on any atom is -0.493 e. The predicted molar refractivity (Wildman–Crippen MR) is 106 cm³/mol. The number of rotatable bonds is 2. The molecular formula is C22H24N2O2. The number of fused-ring (bicyclic) bond motifs is 7. The molecule has 2 heterocycles. The van der Waals surface area contributed by atoms with Crippen LogP contribution in [0.4, 0.5) is 5.69 Å². The first kappa shape index (κ1) is 15.8. The van der Waals surface area contributed by atoms with E-state index in [1.165, 1.54) is 52.1 Å². The van der Waals surface area contributed by atoms with Crippen LogP contribution in [0.5, 0.6) is 11.5 Å². The number of nitrogens with two attached hydrogens (primary N) is 1.